The highest BCUT2D eigenvalue weighted by atomic mass is 16.6. The maximum absolute atomic E-state index is 11.1. The van der Waals surface area contributed by atoms with E-state index in [2.05, 4.69) is 0 Å². The molecule has 1 aromatic rings. The van der Waals surface area contributed by atoms with Crippen LogP contribution >= 0.6 is 0 Å². The number of nitrogens with one attached hydrogen (secondary N) is 3. The normalized spacial score (nSPS) is 9.29. The van der Waals surface area contributed by atoms with Gasteiger partial charge >= 0.3 is 18.3 Å². The maximum Gasteiger partial charge on any atom is 0.427 e. The van der Waals surface area contributed by atoms with E-state index in [0.717, 1.165) is 6.07 Å². The van der Waals surface area contributed by atoms with Gasteiger partial charge in [0.25, 0.3) is 0 Å². The Kier molecular flexibility index (Phi) is 5.69. The SMILES string of the molecule is NNC(=O)Oc1ccc(OC(=O)NN)c(OC(=O)NN)c1. The highest BCUT2D eigenvalue weighted by molar-refractivity contribution is 5.75. The molecule has 114 valence electrons. The number of carbonyl (C=O) groups excluding carboxylic acids is 3. The molecule has 0 aromatic heterocycles. The van der Waals surface area contributed by atoms with E-state index in [-0.39, 0.29) is 17.2 Å². The number of amides is 3. The lowest BCUT2D eigenvalue weighted by Gasteiger charge is -2.11. The van der Waals surface area contributed by atoms with Crippen LogP contribution in [0.3, 0.4) is 0 Å². The van der Waals surface area contributed by atoms with Gasteiger partial charge in [-0.15, -0.1) is 0 Å². The van der Waals surface area contributed by atoms with E-state index >= 15 is 0 Å². The van der Waals surface area contributed by atoms with Crippen LogP contribution in [0.5, 0.6) is 17.2 Å². The molecule has 0 radical (unpaired) electrons. The molecule has 0 bridgehead atoms. The Balaban J connectivity index is 3.03. The van der Waals surface area contributed by atoms with Crippen LogP contribution in [0.25, 0.3) is 0 Å². The van der Waals surface area contributed by atoms with Crippen LogP contribution in [0.15, 0.2) is 18.2 Å². The quantitative estimate of drug-likeness (QED) is 0.220. The Bertz CT molecular complexity index is 550. The van der Waals surface area contributed by atoms with Gasteiger partial charge in [0.1, 0.15) is 5.75 Å². The van der Waals surface area contributed by atoms with Crippen molar-refractivity contribution in [3.63, 3.8) is 0 Å². The van der Waals surface area contributed by atoms with Gasteiger partial charge in [0.15, 0.2) is 11.5 Å². The summed E-state index contributed by atoms with van der Waals surface area (Å²) in [4.78, 5) is 33.1. The van der Waals surface area contributed by atoms with E-state index in [9.17, 15) is 14.4 Å². The van der Waals surface area contributed by atoms with Crippen molar-refractivity contribution in [1.82, 2.24) is 16.3 Å². The first-order valence-electron chi connectivity index (χ1n) is 5.19. The van der Waals surface area contributed by atoms with Crippen LogP contribution in [0.2, 0.25) is 0 Å². The summed E-state index contributed by atoms with van der Waals surface area (Å²) in [5, 5.41) is 0. The van der Waals surface area contributed by atoms with Crippen LogP contribution in [0.1, 0.15) is 0 Å². The van der Waals surface area contributed by atoms with Gasteiger partial charge in [-0.3, -0.25) is 16.3 Å². The zero-order valence-electron chi connectivity index (χ0n) is 10.4. The minimum atomic E-state index is -1.05. The van der Waals surface area contributed by atoms with Gasteiger partial charge in [-0.2, -0.15) is 0 Å². The molecule has 12 nitrogen and oxygen atoms in total. The number of rotatable bonds is 3. The van der Waals surface area contributed by atoms with Crippen LogP contribution in [-0.2, 0) is 0 Å². The van der Waals surface area contributed by atoms with Crippen molar-refractivity contribution < 1.29 is 28.6 Å². The molecule has 0 fully saturated rings. The van der Waals surface area contributed by atoms with Crippen molar-refractivity contribution in [2.24, 2.45) is 17.5 Å². The van der Waals surface area contributed by atoms with Gasteiger partial charge in [-0.25, -0.2) is 31.9 Å². The molecule has 0 saturated heterocycles. The van der Waals surface area contributed by atoms with Crippen molar-refractivity contribution in [1.29, 1.82) is 0 Å². The van der Waals surface area contributed by atoms with Crippen LogP contribution in [0.4, 0.5) is 14.4 Å². The number of hydrogen-bond donors (Lipinski definition) is 6. The summed E-state index contributed by atoms with van der Waals surface area (Å²) >= 11 is 0. The summed E-state index contributed by atoms with van der Waals surface area (Å²) in [5.74, 6) is 14.1. The summed E-state index contributed by atoms with van der Waals surface area (Å²) in [5.41, 5.74) is 5.14. The van der Waals surface area contributed by atoms with Gasteiger partial charge in [0.2, 0.25) is 0 Å². The monoisotopic (exact) mass is 300 g/mol. The fourth-order valence-corrected chi connectivity index (χ4v) is 1.11. The standard InChI is InChI=1S/C9H12N6O6/c10-13-7(16)19-4-1-2-5(20-8(17)14-11)6(3-4)21-9(18)15-12/h1-3H,10-12H2,(H,13,16)(H,14,17)(H,15,18). The molecule has 0 atom stereocenters. The Morgan fingerprint density at radius 3 is 1.76 bits per heavy atom. The molecule has 12 heteroatoms. The summed E-state index contributed by atoms with van der Waals surface area (Å²) in [6, 6.07) is 3.53. The lowest BCUT2D eigenvalue weighted by atomic mass is 10.3. The van der Waals surface area contributed by atoms with Gasteiger partial charge < -0.3 is 14.2 Å². The average molecular weight is 300 g/mol. The molecular formula is C9H12N6O6. The Hall–Kier alpha value is -3.09. The molecule has 0 aliphatic rings. The second-order valence-corrected chi connectivity index (χ2v) is 3.21. The molecule has 0 heterocycles. The Morgan fingerprint density at radius 1 is 0.762 bits per heavy atom. The maximum atomic E-state index is 11.1. The van der Waals surface area contributed by atoms with E-state index in [4.69, 9.17) is 31.7 Å². The van der Waals surface area contributed by atoms with Gasteiger partial charge in [0, 0.05) is 6.07 Å². The van der Waals surface area contributed by atoms with E-state index in [1.54, 1.807) is 16.3 Å². The number of hydrazine groups is 3. The number of nitrogens with two attached hydrogens (primary N) is 3. The van der Waals surface area contributed by atoms with E-state index < -0.39 is 18.3 Å². The number of ether oxygens (including phenoxy) is 3. The molecule has 1 rings (SSSR count). The smallest absolute Gasteiger partial charge is 0.409 e. The molecule has 1 aromatic carbocycles. The average Bonchev–Trinajstić information content (AvgIpc) is 2.49. The van der Waals surface area contributed by atoms with Crippen molar-refractivity contribution in [3.8, 4) is 17.2 Å². The molecule has 3 amide bonds. The summed E-state index contributed by atoms with van der Waals surface area (Å²) in [7, 11) is 0. The number of carbonyl (C=O) groups is 3. The zero-order chi connectivity index (χ0) is 15.8. The Morgan fingerprint density at radius 2 is 1.24 bits per heavy atom. The largest absolute Gasteiger partial charge is 0.427 e. The number of hydrogen-bond acceptors (Lipinski definition) is 9. The molecule has 0 saturated carbocycles. The highest BCUT2D eigenvalue weighted by Gasteiger charge is 2.15. The molecular weight excluding hydrogens is 288 g/mol. The fraction of sp³-hybridized carbons (Fsp3) is 0. The topological polar surface area (TPSA) is 193 Å². The molecule has 9 N–H and O–H groups in total. The Labute approximate surface area is 117 Å². The van der Waals surface area contributed by atoms with Gasteiger partial charge in [0.05, 0.1) is 0 Å². The first-order chi connectivity index (χ1) is 9.99. The van der Waals surface area contributed by atoms with E-state index in [1.807, 2.05) is 0 Å². The molecule has 21 heavy (non-hydrogen) atoms. The molecule has 0 unspecified atom stereocenters. The second-order valence-electron chi connectivity index (χ2n) is 3.21. The first-order valence-corrected chi connectivity index (χ1v) is 5.19. The third kappa shape index (κ3) is 4.83. The fourth-order valence-electron chi connectivity index (χ4n) is 1.11. The summed E-state index contributed by atoms with van der Waals surface area (Å²) in [6.45, 7) is 0. The third-order valence-electron chi connectivity index (χ3n) is 1.88. The molecule has 0 aliphatic heterocycles. The molecule has 0 spiro atoms. The second kappa shape index (κ2) is 7.49. The first kappa shape index (κ1) is 16.0. The third-order valence-corrected chi connectivity index (χ3v) is 1.88. The van der Waals surface area contributed by atoms with Crippen LogP contribution in [0, 0.1) is 0 Å². The van der Waals surface area contributed by atoms with E-state index in [0.29, 0.717) is 0 Å². The zero-order valence-corrected chi connectivity index (χ0v) is 10.4. The summed E-state index contributed by atoms with van der Waals surface area (Å²) in [6.07, 6.45) is -3.02. The predicted octanol–water partition coefficient (Wildman–Crippen LogP) is -1.43. The minimum absolute atomic E-state index is 0.0433. The van der Waals surface area contributed by atoms with Crippen LogP contribution < -0.4 is 48.0 Å². The number of benzene rings is 1. The van der Waals surface area contributed by atoms with E-state index in [1.165, 1.54) is 12.1 Å². The lowest BCUT2D eigenvalue weighted by Crippen LogP contribution is -2.34. The highest BCUT2D eigenvalue weighted by Crippen LogP contribution is 2.31. The van der Waals surface area contributed by atoms with Crippen molar-refractivity contribution >= 4 is 18.3 Å². The van der Waals surface area contributed by atoms with Crippen molar-refractivity contribution in [2.75, 3.05) is 0 Å². The van der Waals surface area contributed by atoms with Crippen molar-refractivity contribution in [2.45, 2.75) is 0 Å². The van der Waals surface area contributed by atoms with Gasteiger partial charge in [-0.1, -0.05) is 0 Å². The van der Waals surface area contributed by atoms with Crippen LogP contribution in [-0.4, -0.2) is 18.3 Å². The predicted molar refractivity (Wildman–Crippen MR) is 66.5 cm³/mol. The van der Waals surface area contributed by atoms with Crippen molar-refractivity contribution in [3.05, 3.63) is 18.2 Å². The van der Waals surface area contributed by atoms with Gasteiger partial charge in [-0.05, 0) is 12.1 Å². The minimum Gasteiger partial charge on any atom is -0.409 e. The molecule has 0 aliphatic carbocycles. The summed E-state index contributed by atoms with van der Waals surface area (Å²) < 4.78 is 14.2. The lowest BCUT2D eigenvalue weighted by molar-refractivity contribution is 0.189.